The number of benzene rings is 2. The largest absolute Gasteiger partial charge is 0.491 e. The topological polar surface area (TPSA) is 62.8 Å². The van der Waals surface area contributed by atoms with Crippen LogP contribution in [0.1, 0.15) is 5.56 Å². The van der Waals surface area contributed by atoms with Crippen molar-refractivity contribution in [3.8, 4) is 5.75 Å². The second-order valence-corrected chi connectivity index (χ2v) is 6.68. The molecule has 146 valence electrons. The van der Waals surface area contributed by atoms with Crippen LogP contribution >= 0.6 is 0 Å². The lowest BCUT2D eigenvalue weighted by Gasteiger charge is -2.34. The molecule has 1 fully saturated rings. The zero-order valence-corrected chi connectivity index (χ0v) is 15.5. The van der Waals surface area contributed by atoms with Crippen LogP contribution in [0.4, 0.5) is 10.1 Å². The first-order valence-electron chi connectivity index (χ1n) is 9.16. The number of hydrogen-bond donors (Lipinski definition) is 2. The Morgan fingerprint density at radius 1 is 1.18 bits per heavy atom. The molecule has 2 aromatic rings. The number of amides is 1. The number of nitrogens with zero attached hydrogens (tertiary/aromatic N) is 1. The highest BCUT2D eigenvalue weighted by Crippen LogP contribution is 2.39. The molecular weight excluding hydrogens is 361 g/mol. The highest BCUT2D eigenvalue weighted by Gasteiger charge is 2.43. The van der Waals surface area contributed by atoms with Crippen molar-refractivity contribution in [2.75, 3.05) is 31.9 Å². The number of methoxy groups -OCH3 is 1. The first kappa shape index (κ1) is 18.5. The lowest BCUT2D eigenvalue weighted by atomic mass is 9.91. The first-order chi connectivity index (χ1) is 13.7. The number of halogens is 1. The van der Waals surface area contributed by atoms with E-state index in [1.54, 1.807) is 13.2 Å². The number of hydrogen-bond acceptors (Lipinski definition) is 5. The molecular formula is C21H22FN3O3. The number of fused-ring (bicyclic) bond motifs is 1. The van der Waals surface area contributed by atoms with Crippen LogP contribution in [0.5, 0.6) is 5.75 Å². The van der Waals surface area contributed by atoms with E-state index in [0.29, 0.717) is 25.6 Å². The molecule has 0 bridgehead atoms. The summed E-state index contributed by atoms with van der Waals surface area (Å²) in [5.74, 6) is -0.00974. The Morgan fingerprint density at radius 3 is 2.75 bits per heavy atom. The van der Waals surface area contributed by atoms with Crippen LogP contribution < -0.4 is 20.3 Å². The molecule has 2 aliphatic rings. The Balaban J connectivity index is 1.64. The summed E-state index contributed by atoms with van der Waals surface area (Å²) in [6.45, 7) is 1.37. The molecule has 7 heteroatoms. The zero-order chi connectivity index (χ0) is 19.5. The van der Waals surface area contributed by atoms with Crippen LogP contribution in [0, 0.1) is 11.7 Å². The minimum Gasteiger partial charge on any atom is -0.491 e. The summed E-state index contributed by atoms with van der Waals surface area (Å²) in [6, 6.07) is 14.0. The van der Waals surface area contributed by atoms with Gasteiger partial charge in [0.2, 0.25) is 5.91 Å². The minimum atomic E-state index is -0.391. The van der Waals surface area contributed by atoms with Crippen molar-refractivity contribution in [2.24, 2.45) is 5.92 Å². The summed E-state index contributed by atoms with van der Waals surface area (Å²) < 4.78 is 24.3. The Kier molecular flexibility index (Phi) is 5.27. The third kappa shape index (κ3) is 3.58. The lowest BCUT2D eigenvalue weighted by Crippen LogP contribution is -2.58. The Morgan fingerprint density at radius 2 is 2.00 bits per heavy atom. The summed E-state index contributed by atoms with van der Waals surface area (Å²) >= 11 is 0. The van der Waals surface area contributed by atoms with Gasteiger partial charge in [-0.2, -0.15) is 0 Å². The van der Waals surface area contributed by atoms with Gasteiger partial charge in [-0.25, -0.2) is 4.39 Å². The molecule has 0 aliphatic carbocycles. The first-order valence-corrected chi connectivity index (χ1v) is 9.16. The Bertz CT molecular complexity index is 885. The highest BCUT2D eigenvalue weighted by molar-refractivity contribution is 5.96. The van der Waals surface area contributed by atoms with E-state index in [2.05, 4.69) is 10.6 Å². The molecule has 2 unspecified atom stereocenters. The fourth-order valence-electron chi connectivity index (χ4n) is 3.61. The lowest BCUT2D eigenvalue weighted by molar-refractivity contribution is -0.125. The standard InChI is InChI=1S/C21H22FN3O3/c1-27-9-10-28-17-7-5-14(6-8-17)18-12-25(16-4-2-3-15(22)11-16)20-19(18)21(26)24-13-23-20/h2-8,11-12,19-20,23H,9-10,13H2,1H3,(H,24,26). The second-order valence-electron chi connectivity index (χ2n) is 6.68. The van der Waals surface area contributed by atoms with Crippen LogP contribution in [0.15, 0.2) is 54.7 Å². The SMILES string of the molecule is COCCOc1ccc(C2=CN(c3cccc(F)c3)C3NCNC(=O)C23)cc1. The van der Waals surface area contributed by atoms with E-state index >= 15 is 0 Å². The minimum absolute atomic E-state index is 0.0469. The van der Waals surface area contributed by atoms with Crippen LogP contribution in [-0.4, -0.2) is 39.1 Å². The van der Waals surface area contributed by atoms with E-state index in [9.17, 15) is 9.18 Å². The highest BCUT2D eigenvalue weighted by atomic mass is 19.1. The molecule has 2 aliphatic heterocycles. The maximum atomic E-state index is 13.7. The van der Waals surface area contributed by atoms with Crippen LogP contribution in [0.25, 0.3) is 5.57 Å². The van der Waals surface area contributed by atoms with Gasteiger partial charge >= 0.3 is 0 Å². The van der Waals surface area contributed by atoms with E-state index in [-0.39, 0.29) is 17.9 Å². The number of carbonyl (C=O) groups excluding carboxylic acids is 1. The summed E-state index contributed by atoms with van der Waals surface area (Å²) in [7, 11) is 1.63. The van der Waals surface area contributed by atoms with Crippen LogP contribution in [-0.2, 0) is 9.53 Å². The van der Waals surface area contributed by atoms with Gasteiger partial charge in [-0.15, -0.1) is 0 Å². The van der Waals surface area contributed by atoms with Crippen LogP contribution in [0.3, 0.4) is 0 Å². The molecule has 2 atom stereocenters. The van der Waals surface area contributed by atoms with Crippen molar-refractivity contribution in [3.05, 3.63) is 66.1 Å². The quantitative estimate of drug-likeness (QED) is 0.750. The van der Waals surface area contributed by atoms with Crippen molar-refractivity contribution < 1.29 is 18.7 Å². The monoisotopic (exact) mass is 383 g/mol. The molecule has 4 rings (SSSR count). The zero-order valence-electron chi connectivity index (χ0n) is 15.5. The molecule has 1 amide bonds. The molecule has 2 heterocycles. The average molecular weight is 383 g/mol. The normalized spacial score (nSPS) is 21.1. The van der Waals surface area contributed by atoms with Crippen molar-refractivity contribution in [3.63, 3.8) is 0 Å². The number of carbonyl (C=O) groups is 1. The summed E-state index contributed by atoms with van der Waals surface area (Å²) in [4.78, 5) is 14.5. The van der Waals surface area contributed by atoms with Gasteiger partial charge in [0.05, 0.1) is 19.2 Å². The van der Waals surface area contributed by atoms with Crippen LogP contribution in [0.2, 0.25) is 0 Å². The number of rotatable bonds is 6. The second kappa shape index (κ2) is 8.00. The summed E-state index contributed by atoms with van der Waals surface area (Å²) in [5.41, 5.74) is 2.50. The molecule has 2 N–H and O–H groups in total. The molecule has 6 nitrogen and oxygen atoms in total. The molecule has 0 saturated carbocycles. The van der Waals surface area contributed by atoms with Gasteiger partial charge in [-0.05, 0) is 41.5 Å². The predicted octanol–water partition coefficient (Wildman–Crippen LogP) is 2.33. The molecule has 0 radical (unpaired) electrons. The molecule has 0 aromatic heterocycles. The van der Waals surface area contributed by atoms with Gasteiger partial charge in [0.25, 0.3) is 0 Å². The number of anilines is 1. The van der Waals surface area contributed by atoms with E-state index < -0.39 is 5.92 Å². The van der Waals surface area contributed by atoms with Gasteiger partial charge in [0.15, 0.2) is 0 Å². The van der Waals surface area contributed by atoms with E-state index in [1.807, 2.05) is 41.4 Å². The third-order valence-corrected chi connectivity index (χ3v) is 4.94. The van der Waals surface area contributed by atoms with Crippen molar-refractivity contribution in [1.29, 1.82) is 0 Å². The van der Waals surface area contributed by atoms with Crippen molar-refractivity contribution in [2.45, 2.75) is 6.17 Å². The van der Waals surface area contributed by atoms with Gasteiger partial charge < -0.3 is 19.7 Å². The van der Waals surface area contributed by atoms with Gasteiger partial charge in [-0.1, -0.05) is 18.2 Å². The third-order valence-electron chi connectivity index (χ3n) is 4.94. The maximum absolute atomic E-state index is 13.7. The molecule has 0 spiro atoms. The van der Waals surface area contributed by atoms with E-state index in [1.165, 1.54) is 12.1 Å². The van der Waals surface area contributed by atoms with E-state index in [0.717, 1.165) is 16.9 Å². The average Bonchev–Trinajstić information content (AvgIpc) is 3.10. The van der Waals surface area contributed by atoms with Gasteiger partial charge in [-0.3, -0.25) is 10.1 Å². The van der Waals surface area contributed by atoms with Crippen molar-refractivity contribution in [1.82, 2.24) is 10.6 Å². The van der Waals surface area contributed by atoms with Gasteiger partial charge in [0, 0.05) is 19.0 Å². The maximum Gasteiger partial charge on any atom is 0.232 e. The van der Waals surface area contributed by atoms with E-state index in [4.69, 9.17) is 9.47 Å². The fraction of sp³-hybridized carbons (Fsp3) is 0.286. The number of nitrogens with one attached hydrogen (secondary N) is 2. The fourth-order valence-corrected chi connectivity index (χ4v) is 3.61. The predicted molar refractivity (Wildman–Crippen MR) is 104 cm³/mol. The molecule has 2 aromatic carbocycles. The summed E-state index contributed by atoms with van der Waals surface area (Å²) in [5, 5.41) is 6.16. The molecule has 28 heavy (non-hydrogen) atoms. The van der Waals surface area contributed by atoms with Crippen molar-refractivity contribution >= 4 is 17.2 Å². The molecule has 1 saturated heterocycles. The Labute approximate surface area is 162 Å². The summed E-state index contributed by atoms with van der Waals surface area (Å²) in [6.07, 6.45) is 1.66. The number of ether oxygens (including phenoxy) is 2. The van der Waals surface area contributed by atoms with Gasteiger partial charge in [0.1, 0.15) is 24.3 Å². The smallest absolute Gasteiger partial charge is 0.232 e. The Hall–Kier alpha value is -2.90.